The molecule has 2 aromatic rings. The summed E-state index contributed by atoms with van der Waals surface area (Å²) < 4.78 is 8.13. The molecule has 19 heavy (non-hydrogen) atoms. The Bertz CT molecular complexity index is 568. The van der Waals surface area contributed by atoms with Crippen molar-refractivity contribution in [2.24, 2.45) is 5.73 Å². The molecule has 2 N–H and O–H groups in total. The fourth-order valence-corrected chi connectivity index (χ4v) is 2.36. The number of aromatic nitrogens is 3. The molecule has 0 bridgehead atoms. The Morgan fingerprint density at radius 2 is 2.05 bits per heavy atom. The van der Waals surface area contributed by atoms with Crippen molar-refractivity contribution in [2.75, 3.05) is 7.11 Å². The lowest BCUT2D eigenvalue weighted by Gasteiger charge is -2.18. The molecule has 0 aliphatic heterocycles. The zero-order valence-electron chi connectivity index (χ0n) is 11.2. The van der Waals surface area contributed by atoms with Crippen LogP contribution in [0.5, 0.6) is 5.75 Å². The Kier molecular flexibility index (Phi) is 4.21. The highest BCUT2D eigenvalue weighted by atomic mass is 79.9. The Balaban J connectivity index is 2.48. The summed E-state index contributed by atoms with van der Waals surface area (Å²) >= 11 is 3.41. The minimum Gasteiger partial charge on any atom is -0.493 e. The van der Waals surface area contributed by atoms with Gasteiger partial charge in [0.15, 0.2) is 5.75 Å². The van der Waals surface area contributed by atoms with E-state index in [0.717, 1.165) is 15.7 Å². The second-order valence-corrected chi connectivity index (χ2v) is 5.47. The van der Waals surface area contributed by atoms with Gasteiger partial charge in [0.05, 0.1) is 19.3 Å². The molecule has 0 radical (unpaired) electrons. The maximum Gasteiger partial charge on any atom is 0.161 e. The van der Waals surface area contributed by atoms with E-state index in [9.17, 15) is 0 Å². The predicted molar refractivity (Wildman–Crippen MR) is 77.1 cm³/mol. The largest absolute Gasteiger partial charge is 0.493 e. The summed E-state index contributed by atoms with van der Waals surface area (Å²) in [6, 6.07) is 1.84. The molecule has 0 saturated heterocycles. The van der Waals surface area contributed by atoms with Crippen molar-refractivity contribution in [1.82, 2.24) is 14.8 Å². The van der Waals surface area contributed by atoms with Crippen LogP contribution in [0.1, 0.15) is 37.2 Å². The van der Waals surface area contributed by atoms with Gasteiger partial charge in [0.2, 0.25) is 0 Å². The Hall–Kier alpha value is -1.40. The number of nitrogens with zero attached hydrogens (tertiary/aromatic N) is 3. The van der Waals surface area contributed by atoms with Crippen molar-refractivity contribution in [3.05, 3.63) is 40.4 Å². The van der Waals surface area contributed by atoms with Gasteiger partial charge in [0.25, 0.3) is 0 Å². The van der Waals surface area contributed by atoms with Gasteiger partial charge in [-0.1, -0.05) is 0 Å². The van der Waals surface area contributed by atoms with E-state index in [4.69, 9.17) is 10.5 Å². The molecule has 6 heteroatoms. The van der Waals surface area contributed by atoms with Gasteiger partial charge in [-0.25, -0.2) is 0 Å². The topological polar surface area (TPSA) is 66.0 Å². The number of nitrogens with two attached hydrogens (primary N) is 1. The molecule has 0 spiro atoms. The Morgan fingerprint density at radius 3 is 2.63 bits per heavy atom. The van der Waals surface area contributed by atoms with Gasteiger partial charge < -0.3 is 10.5 Å². The summed E-state index contributed by atoms with van der Waals surface area (Å²) in [4.78, 5) is 4.15. The van der Waals surface area contributed by atoms with Crippen LogP contribution in [0.15, 0.2) is 29.1 Å². The third kappa shape index (κ3) is 2.79. The van der Waals surface area contributed by atoms with Crippen molar-refractivity contribution in [3.8, 4) is 5.75 Å². The van der Waals surface area contributed by atoms with Crippen LogP contribution in [-0.4, -0.2) is 21.9 Å². The van der Waals surface area contributed by atoms with Crippen LogP contribution in [0.4, 0.5) is 0 Å². The molecule has 2 rings (SSSR count). The first-order valence-electron chi connectivity index (χ1n) is 6.02. The minimum absolute atomic E-state index is 0.213. The average Bonchev–Trinajstić information content (AvgIpc) is 2.81. The van der Waals surface area contributed by atoms with Gasteiger partial charge in [0.1, 0.15) is 5.69 Å². The molecule has 1 unspecified atom stereocenters. The maximum atomic E-state index is 6.34. The van der Waals surface area contributed by atoms with Crippen LogP contribution in [0.25, 0.3) is 0 Å². The normalized spacial score (nSPS) is 12.7. The minimum atomic E-state index is -0.329. The molecule has 0 aromatic carbocycles. The molecule has 5 nitrogen and oxygen atoms in total. The molecule has 2 heterocycles. The summed E-state index contributed by atoms with van der Waals surface area (Å²) in [5.41, 5.74) is 8.11. The van der Waals surface area contributed by atoms with Crippen LogP contribution in [-0.2, 0) is 0 Å². The third-order valence-electron chi connectivity index (χ3n) is 2.89. The number of hydrogen-bond acceptors (Lipinski definition) is 4. The predicted octanol–water partition coefficient (Wildman–Crippen LogP) is 2.68. The average molecular weight is 325 g/mol. The Morgan fingerprint density at radius 1 is 1.32 bits per heavy atom. The molecule has 0 amide bonds. The second-order valence-electron chi connectivity index (χ2n) is 4.55. The van der Waals surface area contributed by atoms with Gasteiger partial charge >= 0.3 is 0 Å². The fourth-order valence-electron chi connectivity index (χ4n) is 1.98. The highest BCUT2D eigenvalue weighted by Gasteiger charge is 2.22. The lowest BCUT2D eigenvalue weighted by Crippen LogP contribution is -2.19. The molecular formula is C13H17BrN4O. The van der Waals surface area contributed by atoms with E-state index in [1.54, 1.807) is 25.7 Å². The molecule has 0 aliphatic rings. The first kappa shape index (κ1) is 14.0. The number of hydrogen-bond donors (Lipinski definition) is 1. The smallest absolute Gasteiger partial charge is 0.161 e. The van der Waals surface area contributed by atoms with Crippen molar-refractivity contribution < 1.29 is 4.74 Å². The lowest BCUT2D eigenvalue weighted by molar-refractivity contribution is 0.401. The van der Waals surface area contributed by atoms with Crippen molar-refractivity contribution in [1.29, 1.82) is 0 Å². The zero-order valence-corrected chi connectivity index (χ0v) is 12.8. The van der Waals surface area contributed by atoms with E-state index in [-0.39, 0.29) is 12.1 Å². The summed E-state index contributed by atoms with van der Waals surface area (Å²) in [6.07, 6.45) is 5.18. The number of methoxy groups -OCH3 is 1. The van der Waals surface area contributed by atoms with E-state index < -0.39 is 0 Å². The fraction of sp³-hybridized carbons (Fsp3) is 0.385. The summed E-state index contributed by atoms with van der Waals surface area (Å²) in [6.45, 7) is 4.11. The van der Waals surface area contributed by atoms with Crippen LogP contribution in [0.2, 0.25) is 0 Å². The van der Waals surface area contributed by atoms with Crippen LogP contribution in [0, 0.1) is 0 Å². The summed E-state index contributed by atoms with van der Waals surface area (Å²) in [7, 11) is 1.62. The van der Waals surface area contributed by atoms with Gasteiger partial charge in [0, 0.05) is 22.9 Å². The van der Waals surface area contributed by atoms with Gasteiger partial charge in [-0.05, 0) is 41.4 Å². The standard InChI is InChI=1S/C13H17BrN4O/c1-8(2)18-13(11(19-3)7-17-18)12(15)9-4-10(14)6-16-5-9/h4-8,12H,15H2,1-3H3. The first-order valence-corrected chi connectivity index (χ1v) is 6.81. The summed E-state index contributed by atoms with van der Waals surface area (Å²) in [5, 5.41) is 4.34. The van der Waals surface area contributed by atoms with Crippen LogP contribution < -0.4 is 10.5 Å². The van der Waals surface area contributed by atoms with E-state index in [0.29, 0.717) is 5.75 Å². The molecule has 0 saturated carbocycles. The molecule has 2 aromatic heterocycles. The molecule has 0 fully saturated rings. The monoisotopic (exact) mass is 324 g/mol. The van der Waals surface area contributed by atoms with Crippen LogP contribution >= 0.6 is 15.9 Å². The number of ether oxygens (including phenoxy) is 1. The van der Waals surface area contributed by atoms with E-state index in [2.05, 4.69) is 39.9 Å². The quantitative estimate of drug-likeness (QED) is 0.938. The van der Waals surface area contributed by atoms with Gasteiger partial charge in [-0.15, -0.1) is 0 Å². The first-order chi connectivity index (χ1) is 9.04. The van der Waals surface area contributed by atoms with Gasteiger partial charge in [-0.3, -0.25) is 9.67 Å². The summed E-state index contributed by atoms with van der Waals surface area (Å²) in [5.74, 6) is 0.696. The van der Waals surface area contributed by atoms with Crippen molar-refractivity contribution in [2.45, 2.75) is 25.9 Å². The van der Waals surface area contributed by atoms with Crippen molar-refractivity contribution >= 4 is 15.9 Å². The lowest BCUT2D eigenvalue weighted by atomic mass is 10.1. The maximum absolute atomic E-state index is 6.34. The van der Waals surface area contributed by atoms with Crippen molar-refractivity contribution in [3.63, 3.8) is 0 Å². The number of pyridine rings is 1. The SMILES string of the molecule is COc1cnn(C(C)C)c1C(N)c1cncc(Br)c1. The molecule has 0 aliphatic carbocycles. The van der Waals surface area contributed by atoms with E-state index in [1.165, 1.54) is 0 Å². The second kappa shape index (κ2) is 5.71. The number of rotatable bonds is 4. The molecule has 102 valence electrons. The third-order valence-corrected chi connectivity index (χ3v) is 3.32. The highest BCUT2D eigenvalue weighted by Crippen LogP contribution is 2.30. The zero-order chi connectivity index (χ0) is 14.0. The van der Waals surface area contributed by atoms with E-state index >= 15 is 0 Å². The van der Waals surface area contributed by atoms with Crippen LogP contribution in [0.3, 0.4) is 0 Å². The van der Waals surface area contributed by atoms with Gasteiger partial charge in [-0.2, -0.15) is 5.10 Å². The molecular weight excluding hydrogens is 308 g/mol. The van der Waals surface area contributed by atoms with E-state index in [1.807, 2.05) is 10.7 Å². The Labute approximate surface area is 120 Å². The molecule has 1 atom stereocenters. The number of halogens is 1. The highest BCUT2D eigenvalue weighted by molar-refractivity contribution is 9.10.